The predicted octanol–water partition coefficient (Wildman–Crippen LogP) is 4.41. The molecule has 0 aliphatic heterocycles. The quantitative estimate of drug-likeness (QED) is 0.735. The molecule has 104 valence electrons. The zero-order valence-corrected chi connectivity index (χ0v) is 12.4. The summed E-state index contributed by atoms with van der Waals surface area (Å²) in [6.07, 6.45) is 9.73. The van der Waals surface area contributed by atoms with E-state index in [9.17, 15) is 5.11 Å². The van der Waals surface area contributed by atoms with E-state index >= 15 is 0 Å². The molecule has 1 nitrogen and oxygen atoms in total. The Balaban J connectivity index is 2.34. The van der Waals surface area contributed by atoms with Crippen LogP contribution in [0.3, 0.4) is 0 Å². The highest BCUT2D eigenvalue weighted by Crippen LogP contribution is 2.62. The van der Waals surface area contributed by atoms with E-state index in [2.05, 4.69) is 33.4 Å². The Kier molecular flexibility index (Phi) is 3.92. The first kappa shape index (κ1) is 14.1. The van der Waals surface area contributed by atoms with Crippen LogP contribution in [0.2, 0.25) is 0 Å². The second-order valence-corrected chi connectivity index (χ2v) is 7.31. The normalized spacial score (nSPS) is 48.6. The van der Waals surface area contributed by atoms with Crippen LogP contribution in [0.25, 0.3) is 0 Å². The van der Waals surface area contributed by atoms with E-state index in [4.69, 9.17) is 0 Å². The van der Waals surface area contributed by atoms with Crippen LogP contribution in [-0.2, 0) is 0 Å². The Labute approximate surface area is 113 Å². The van der Waals surface area contributed by atoms with E-state index < -0.39 is 0 Å². The summed E-state index contributed by atoms with van der Waals surface area (Å²) in [4.78, 5) is 0. The maximum atomic E-state index is 9.74. The molecule has 0 aromatic carbocycles. The van der Waals surface area contributed by atoms with E-state index in [0.717, 1.165) is 18.3 Å². The van der Waals surface area contributed by atoms with Crippen LogP contribution < -0.4 is 0 Å². The Morgan fingerprint density at radius 1 is 1.28 bits per heavy atom. The number of rotatable bonds is 3. The first-order valence-electron chi connectivity index (χ1n) is 7.70. The van der Waals surface area contributed by atoms with Gasteiger partial charge in [-0.05, 0) is 60.7 Å². The van der Waals surface area contributed by atoms with E-state index in [0.29, 0.717) is 23.4 Å². The minimum atomic E-state index is 0.358. The maximum absolute atomic E-state index is 9.74. The van der Waals surface area contributed by atoms with Gasteiger partial charge in [0.15, 0.2) is 0 Å². The van der Waals surface area contributed by atoms with Crippen molar-refractivity contribution in [2.24, 2.45) is 28.6 Å². The van der Waals surface area contributed by atoms with Crippen molar-refractivity contribution in [3.8, 4) is 0 Å². The molecule has 0 amide bonds. The first-order valence-corrected chi connectivity index (χ1v) is 7.70. The molecule has 0 radical (unpaired) electrons. The maximum Gasteiger partial charge on any atom is 0.0464 e. The Bertz CT molecular complexity index is 311. The molecule has 0 aromatic rings. The topological polar surface area (TPSA) is 20.2 Å². The highest BCUT2D eigenvalue weighted by Gasteiger charge is 2.55. The highest BCUT2D eigenvalue weighted by molar-refractivity contribution is 5.06. The van der Waals surface area contributed by atoms with Gasteiger partial charge in [0.05, 0.1) is 0 Å². The van der Waals surface area contributed by atoms with Gasteiger partial charge in [-0.25, -0.2) is 0 Å². The third-order valence-electron chi connectivity index (χ3n) is 6.62. The van der Waals surface area contributed by atoms with Crippen LogP contribution in [0, 0.1) is 28.6 Å². The molecular formula is C17H30O. The van der Waals surface area contributed by atoms with Crippen LogP contribution in [0.1, 0.15) is 59.3 Å². The molecule has 2 fully saturated rings. The van der Waals surface area contributed by atoms with Crippen molar-refractivity contribution in [1.29, 1.82) is 0 Å². The van der Waals surface area contributed by atoms with Crippen LogP contribution in [0.5, 0.6) is 0 Å². The number of aliphatic hydroxyl groups is 1. The first-order chi connectivity index (χ1) is 8.49. The summed E-state index contributed by atoms with van der Waals surface area (Å²) < 4.78 is 0. The summed E-state index contributed by atoms with van der Waals surface area (Å²) in [5.41, 5.74) is 0.750. The number of aliphatic hydroxyl groups excluding tert-OH is 1. The van der Waals surface area contributed by atoms with Gasteiger partial charge in [0.2, 0.25) is 0 Å². The summed E-state index contributed by atoms with van der Waals surface area (Å²) in [5.74, 6) is 2.07. The minimum absolute atomic E-state index is 0.358. The molecule has 0 unspecified atom stereocenters. The van der Waals surface area contributed by atoms with Gasteiger partial charge < -0.3 is 5.11 Å². The third-order valence-corrected chi connectivity index (χ3v) is 6.62. The lowest BCUT2D eigenvalue weighted by Gasteiger charge is -2.60. The fourth-order valence-corrected chi connectivity index (χ4v) is 5.13. The molecule has 18 heavy (non-hydrogen) atoms. The van der Waals surface area contributed by atoms with Crippen molar-refractivity contribution in [3.63, 3.8) is 0 Å². The molecule has 0 aromatic heterocycles. The number of hydrogen-bond donors (Lipinski definition) is 1. The van der Waals surface area contributed by atoms with E-state index in [1.807, 2.05) is 0 Å². The molecule has 0 spiro atoms. The van der Waals surface area contributed by atoms with Gasteiger partial charge in [0.1, 0.15) is 0 Å². The van der Waals surface area contributed by atoms with Crippen LogP contribution in [0.4, 0.5) is 0 Å². The molecule has 0 saturated heterocycles. The van der Waals surface area contributed by atoms with E-state index in [1.54, 1.807) is 0 Å². The minimum Gasteiger partial charge on any atom is -0.396 e. The molecule has 0 heterocycles. The lowest BCUT2D eigenvalue weighted by Crippen LogP contribution is -2.53. The van der Waals surface area contributed by atoms with Crippen molar-refractivity contribution in [1.82, 2.24) is 0 Å². The number of allylic oxidation sites excluding steroid dienone is 1. The van der Waals surface area contributed by atoms with Crippen molar-refractivity contribution < 1.29 is 5.11 Å². The van der Waals surface area contributed by atoms with E-state index in [1.165, 1.54) is 32.1 Å². The highest BCUT2D eigenvalue weighted by atomic mass is 16.3. The molecule has 0 bridgehead atoms. The SMILES string of the molecule is C=CC[C@]1(C)[C@H]2CCC[C@H](CO)[C@]2(C)CC[C@H]1C. The van der Waals surface area contributed by atoms with Gasteiger partial charge in [-0.3, -0.25) is 0 Å². The van der Waals surface area contributed by atoms with Gasteiger partial charge in [-0.15, -0.1) is 6.58 Å². The van der Waals surface area contributed by atoms with Gasteiger partial charge >= 0.3 is 0 Å². The summed E-state index contributed by atoms with van der Waals surface area (Å²) >= 11 is 0. The zero-order valence-electron chi connectivity index (χ0n) is 12.4. The third kappa shape index (κ3) is 1.95. The van der Waals surface area contributed by atoms with Gasteiger partial charge in [0.25, 0.3) is 0 Å². The lowest BCUT2D eigenvalue weighted by atomic mass is 9.45. The number of fused-ring (bicyclic) bond motifs is 1. The van der Waals surface area contributed by atoms with Crippen LogP contribution in [-0.4, -0.2) is 11.7 Å². The molecule has 2 rings (SSSR count). The average molecular weight is 250 g/mol. The molecule has 2 aliphatic rings. The number of hydrogen-bond acceptors (Lipinski definition) is 1. The van der Waals surface area contributed by atoms with Crippen molar-refractivity contribution in [2.45, 2.75) is 59.3 Å². The van der Waals surface area contributed by atoms with Gasteiger partial charge in [-0.2, -0.15) is 0 Å². The van der Waals surface area contributed by atoms with Crippen molar-refractivity contribution >= 4 is 0 Å². The fraction of sp³-hybridized carbons (Fsp3) is 0.882. The molecule has 5 atom stereocenters. The van der Waals surface area contributed by atoms with E-state index in [-0.39, 0.29) is 0 Å². The Morgan fingerprint density at radius 2 is 2.00 bits per heavy atom. The van der Waals surface area contributed by atoms with Crippen molar-refractivity contribution in [2.75, 3.05) is 6.61 Å². The molecule has 2 aliphatic carbocycles. The second-order valence-electron chi connectivity index (χ2n) is 7.31. The Hall–Kier alpha value is -0.300. The summed E-state index contributed by atoms with van der Waals surface area (Å²) in [5, 5.41) is 9.74. The van der Waals surface area contributed by atoms with Crippen molar-refractivity contribution in [3.05, 3.63) is 12.7 Å². The summed E-state index contributed by atoms with van der Waals surface area (Å²) in [6.45, 7) is 11.7. The Morgan fingerprint density at radius 3 is 2.61 bits per heavy atom. The van der Waals surface area contributed by atoms with Gasteiger partial charge in [-0.1, -0.05) is 33.3 Å². The lowest BCUT2D eigenvalue weighted by molar-refractivity contribution is -0.117. The van der Waals surface area contributed by atoms with Gasteiger partial charge in [0, 0.05) is 6.61 Å². The molecular weight excluding hydrogens is 220 g/mol. The molecule has 2 saturated carbocycles. The van der Waals surface area contributed by atoms with Crippen LogP contribution >= 0.6 is 0 Å². The summed E-state index contributed by atoms with van der Waals surface area (Å²) in [6, 6.07) is 0. The summed E-state index contributed by atoms with van der Waals surface area (Å²) in [7, 11) is 0. The average Bonchev–Trinajstić information content (AvgIpc) is 2.35. The van der Waals surface area contributed by atoms with Crippen LogP contribution in [0.15, 0.2) is 12.7 Å². The largest absolute Gasteiger partial charge is 0.396 e. The molecule has 1 N–H and O–H groups in total. The monoisotopic (exact) mass is 250 g/mol. The molecule has 1 heteroatoms. The smallest absolute Gasteiger partial charge is 0.0464 e. The fourth-order valence-electron chi connectivity index (χ4n) is 5.13. The second kappa shape index (κ2) is 5.00. The predicted molar refractivity (Wildman–Crippen MR) is 77.3 cm³/mol. The standard InChI is InChI=1S/C17H30O/c1-5-10-16(3)13(2)9-11-17(4)14(12-18)7-6-8-15(16)17/h5,13-15,18H,1,6-12H2,2-4H3/t13-,14-,15-,16+,17+/m1/s1. The zero-order chi connectivity index (χ0) is 13.4.